The van der Waals surface area contributed by atoms with Gasteiger partial charge in [-0.25, -0.2) is 0 Å². The number of anilines is 1. The van der Waals surface area contributed by atoms with Gasteiger partial charge in [0.1, 0.15) is 11.6 Å². The summed E-state index contributed by atoms with van der Waals surface area (Å²) in [7, 11) is 2.10. The largest absolute Gasteiger partial charge is 0.508 e. The molecule has 2 fully saturated rings. The van der Waals surface area contributed by atoms with Crippen LogP contribution in [0.1, 0.15) is 37.1 Å². The molecule has 1 aromatic carbocycles. The molecule has 6 nitrogen and oxygen atoms in total. The molecule has 0 spiro atoms. The molecule has 168 valence electrons. The molecule has 0 radical (unpaired) electrons. The van der Waals surface area contributed by atoms with Crippen LogP contribution < -0.4 is 4.90 Å². The van der Waals surface area contributed by atoms with Gasteiger partial charge in [-0.15, -0.1) is 10.2 Å². The van der Waals surface area contributed by atoms with E-state index in [1.165, 1.54) is 5.56 Å². The lowest BCUT2D eigenvalue weighted by Gasteiger charge is -2.24. The molecule has 3 aliphatic rings. The van der Waals surface area contributed by atoms with Crippen molar-refractivity contribution in [2.75, 3.05) is 37.6 Å². The maximum absolute atomic E-state index is 10.4. The fourth-order valence-corrected chi connectivity index (χ4v) is 5.17. The van der Waals surface area contributed by atoms with E-state index in [9.17, 15) is 5.11 Å². The lowest BCUT2D eigenvalue weighted by atomic mass is 9.95. The van der Waals surface area contributed by atoms with Crippen LogP contribution in [0.3, 0.4) is 0 Å². The van der Waals surface area contributed by atoms with E-state index in [-0.39, 0.29) is 5.41 Å². The summed E-state index contributed by atoms with van der Waals surface area (Å²) < 4.78 is 2.20. The Balaban J connectivity index is 1.29. The highest BCUT2D eigenvalue weighted by atomic mass is 35.5. The van der Waals surface area contributed by atoms with Crippen LogP contribution in [0.4, 0.5) is 5.95 Å². The van der Waals surface area contributed by atoms with E-state index >= 15 is 0 Å². The highest BCUT2D eigenvalue weighted by Crippen LogP contribution is 2.52. The van der Waals surface area contributed by atoms with Gasteiger partial charge in [-0.05, 0) is 49.0 Å². The molecule has 1 N–H and O–H groups in total. The Hall–Kier alpha value is -2.57. The molecule has 2 aromatic rings. The number of hydrogen-bond acceptors (Lipinski definition) is 5. The van der Waals surface area contributed by atoms with Crippen molar-refractivity contribution in [3.05, 3.63) is 76.3 Å². The summed E-state index contributed by atoms with van der Waals surface area (Å²) in [5.74, 6) is 2.33. The van der Waals surface area contributed by atoms with Gasteiger partial charge < -0.3 is 10.0 Å². The molecule has 32 heavy (non-hydrogen) atoms. The number of halogens is 1. The Morgan fingerprint density at radius 2 is 1.88 bits per heavy atom. The second-order valence-electron chi connectivity index (χ2n) is 9.07. The average molecular weight is 452 g/mol. The van der Waals surface area contributed by atoms with E-state index in [1.54, 1.807) is 6.08 Å². The summed E-state index contributed by atoms with van der Waals surface area (Å²) in [6, 6.07) is 10.7. The van der Waals surface area contributed by atoms with Gasteiger partial charge in [-0.3, -0.25) is 9.47 Å². The van der Waals surface area contributed by atoms with Crippen molar-refractivity contribution >= 4 is 17.5 Å². The SMILES string of the molecule is Cn1c(N2CCCN(CC3=C(O)C=C(Cl)C=CC3)CC2)nnc1C1(c2ccccc2)CC1. The second-order valence-corrected chi connectivity index (χ2v) is 9.51. The van der Waals surface area contributed by atoms with E-state index in [2.05, 4.69) is 61.9 Å². The third-order valence-corrected chi connectivity index (χ3v) is 7.16. The number of aromatic nitrogens is 3. The number of allylic oxidation sites excluding steroid dienone is 4. The maximum atomic E-state index is 10.4. The van der Waals surface area contributed by atoms with Crippen molar-refractivity contribution in [1.82, 2.24) is 19.7 Å². The summed E-state index contributed by atoms with van der Waals surface area (Å²) in [5, 5.41) is 20.2. The normalized spacial score (nSPS) is 21.3. The van der Waals surface area contributed by atoms with Gasteiger partial charge in [0.15, 0.2) is 0 Å². The van der Waals surface area contributed by atoms with Crippen LogP contribution in [-0.2, 0) is 12.5 Å². The Morgan fingerprint density at radius 3 is 2.66 bits per heavy atom. The first-order chi connectivity index (χ1) is 15.6. The number of aliphatic hydroxyl groups is 1. The average Bonchev–Trinajstić information content (AvgIpc) is 3.57. The lowest BCUT2D eigenvalue weighted by molar-refractivity contribution is 0.308. The van der Waals surface area contributed by atoms with Crippen molar-refractivity contribution in [3.8, 4) is 0 Å². The van der Waals surface area contributed by atoms with Crippen LogP contribution in [0.2, 0.25) is 0 Å². The smallest absolute Gasteiger partial charge is 0.227 e. The third-order valence-electron chi connectivity index (χ3n) is 6.92. The summed E-state index contributed by atoms with van der Waals surface area (Å²) in [6.45, 7) is 4.52. The fraction of sp³-hybridized carbons (Fsp3) is 0.440. The van der Waals surface area contributed by atoms with Crippen LogP contribution in [0.25, 0.3) is 0 Å². The Morgan fingerprint density at radius 1 is 1.06 bits per heavy atom. The Bertz CT molecular complexity index is 1070. The molecule has 1 aliphatic heterocycles. The lowest BCUT2D eigenvalue weighted by Crippen LogP contribution is -2.33. The summed E-state index contributed by atoms with van der Waals surface area (Å²) >= 11 is 6.07. The minimum absolute atomic E-state index is 0.0188. The molecule has 2 heterocycles. The van der Waals surface area contributed by atoms with Gasteiger partial charge in [0, 0.05) is 44.8 Å². The molecule has 1 aromatic heterocycles. The number of hydrogen-bond donors (Lipinski definition) is 1. The van der Waals surface area contributed by atoms with Crippen molar-refractivity contribution < 1.29 is 5.11 Å². The van der Waals surface area contributed by atoms with E-state index in [4.69, 9.17) is 11.6 Å². The van der Waals surface area contributed by atoms with Crippen LogP contribution in [-0.4, -0.2) is 57.5 Å². The predicted molar refractivity (Wildman–Crippen MR) is 128 cm³/mol. The fourth-order valence-electron chi connectivity index (χ4n) is 4.98. The summed E-state index contributed by atoms with van der Waals surface area (Å²) in [4.78, 5) is 4.77. The van der Waals surface area contributed by atoms with Crippen LogP contribution >= 0.6 is 11.6 Å². The molecule has 2 aliphatic carbocycles. The van der Waals surface area contributed by atoms with Gasteiger partial charge in [-0.1, -0.05) is 48.0 Å². The zero-order chi connectivity index (χ0) is 22.1. The van der Waals surface area contributed by atoms with Crippen molar-refractivity contribution in [2.45, 2.75) is 31.1 Å². The predicted octanol–water partition coefficient (Wildman–Crippen LogP) is 4.30. The molecule has 0 amide bonds. The quantitative estimate of drug-likeness (QED) is 0.734. The summed E-state index contributed by atoms with van der Waals surface area (Å²) in [5.41, 5.74) is 2.37. The standard InChI is InChI=1S/C25H30ClN5O/c1-29-23(25(11-12-25)20-8-3-2-4-9-20)27-28-24(29)31-14-6-13-30(15-16-31)18-19-7-5-10-21(26)17-22(19)32/h2-5,8-10,17,32H,6-7,11-16,18H2,1H3. The number of benzene rings is 1. The van der Waals surface area contributed by atoms with Gasteiger partial charge in [0.2, 0.25) is 5.95 Å². The zero-order valence-electron chi connectivity index (χ0n) is 18.5. The third kappa shape index (κ3) is 4.09. The van der Waals surface area contributed by atoms with E-state index in [1.807, 2.05) is 12.2 Å². The number of nitrogens with zero attached hydrogens (tertiary/aromatic N) is 5. The highest BCUT2D eigenvalue weighted by molar-refractivity contribution is 6.31. The molecule has 1 saturated carbocycles. The molecule has 0 unspecified atom stereocenters. The molecule has 5 rings (SSSR count). The van der Waals surface area contributed by atoms with Crippen molar-refractivity contribution in [2.24, 2.45) is 7.05 Å². The summed E-state index contributed by atoms with van der Waals surface area (Å²) in [6.07, 6.45) is 9.54. The van der Waals surface area contributed by atoms with Crippen LogP contribution in [0.5, 0.6) is 0 Å². The first-order valence-corrected chi connectivity index (χ1v) is 11.8. The van der Waals surface area contributed by atoms with Crippen LogP contribution in [0.15, 0.2) is 64.9 Å². The molecule has 0 atom stereocenters. The number of aliphatic hydroxyl groups excluding tert-OH is 1. The van der Waals surface area contributed by atoms with Gasteiger partial charge >= 0.3 is 0 Å². The number of rotatable bonds is 5. The Kier molecular flexibility index (Phi) is 5.82. The minimum atomic E-state index is 0.0188. The topological polar surface area (TPSA) is 57.4 Å². The zero-order valence-corrected chi connectivity index (χ0v) is 19.3. The Labute approximate surface area is 194 Å². The molecule has 7 heteroatoms. The molecular formula is C25H30ClN5O. The monoisotopic (exact) mass is 451 g/mol. The van der Waals surface area contributed by atoms with Gasteiger partial charge in [-0.2, -0.15) is 0 Å². The van der Waals surface area contributed by atoms with Crippen LogP contribution in [0, 0.1) is 0 Å². The van der Waals surface area contributed by atoms with Crippen molar-refractivity contribution in [1.29, 1.82) is 0 Å². The van der Waals surface area contributed by atoms with E-state index in [0.29, 0.717) is 10.8 Å². The van der Waals surface area contributed by atoms with E-state index in [0.717, 1.165) is 75.8 Å². The first kappa shape index (κ1) is 21.3. The van der Waals surface area contributed by atoms with Gasteiger partial charge in [0.25, 0.3) is 0 Å². The molecular weight excluding hydrogens is 422 g/mol. The molecule has 0 bridgehead atoms. The van der Waals surface area contributed by atoms with Crippen molar-refractivity contribution in [3.63, 3.8) is 0 Å². The highest BCUT2D eigenvalue weighted by Gasteiger charge is 2.50. The van der Waals surface area contributed by atoms with Gasteiger partial charge in [0.05, 0.1) is 5.41 Å². The first-order valence-electron chi connectivity index (χ1n) is 11.4. The minimum Gasteiger partial charge on any atom is -0.508 e. The second kappa shape index (κ2) is 8.75. The van der Waals surface area contributed by atoms with E-state index < -0.39 is 0 Å². The maximum Gasteiger partial charge on any atom is 0.227 e. The molecule has 1 saturated heterocycles.